The molecule has 0 unspecified atom stereocenters. The van der Waals surface area contributed by atoms with Crippen LogP contribution in [0, 0.1) is 0 Å². The molecule has 2 N–H and O–H groups in total. The number of aliphatic imine (C=N–C) groups is 1. The molecule has 0 aliphatic rings. The first kappa shape index (κ1) is 16.3. The highest BCUT2D eigenvalue weighted by molar-refractivity contribution is 9.10. The number of ether oxygens (including phenoxy) is 1. The Labute approximate surface area is 127 Å². The molecular weight excluding hydrogens is 330 g/mol. The second-order valence-corrected chi connectivity index (χ2v) is 5.20. The Morgan fingerprint density at radius 2 is 2.11 bits per heavy atom. The minimum Gasteiger partial charge on any atom is -0.383 e. The first-order valence-electron chi connectivity index (χ1n) is 6.04. The van der Waals surface area contributed by atoms with Crippen LogP contribution in [0.25, 0.3) is 0 Å². The summed E-state index contributed by atoms with van der Waals surface area (Å²) in [6.45, 7) is 2.17. The third-order valence-corrected chi connectivity index (χ3v) is 3.53. The van der Waals surface area contributed by atoms with Gasteiger partial charge in [0.2, 0.25) is 0 Å². The Kier molecular flexibility index (Phi) is 7.86. The monoisotopic (exact) mass is 347 g/mol. The molecule has 0 bridgehead atoms. The van der Waals surface area contributed by atoms with Crippen LogP contribution in [-0.4, -0.2) is 39.8 Å². The van der Waals surface area contributed by atoms with E-state index in [1.165, 1.54) is 5.56 Å². The summed E-state index contributed by atoms with van der Waals surface area (Å²) >= 11 is 9.50. The highest BCUT2D eigenvalue weighted by atomic mass is 79.9. The van der Waals surface area contributed by atoms with Gasteiger partial charge in [-0.2, -0.15) is 0 Å². The first-order valence-corrected chi connectivity index (χ1v) is 7.22. The first-order chi connectivity index (χ1) is 9.17. The van der Waals surface area contributed by atoms with Gasteiger partial charge in [-0.15, -0.1) is 0 Å². The van der Waals surface area contributed by atoms with Crippen LogP contribution in [0.2, 0.25) is 5.02 Å². The predicted octanol–water partition coefficient (Wildman–Crippen LogP) is 2.46. The van der Waals surface area contributed by atoms with E-state index in [0.717, 1.165) is 35.0 Å². The van der Waals surface area contributed by atoms with E-state index >= 15 is 0 Å². The van der Waals surface area contributed by atoms with Gasteiger partial charge in [-0.3, -0.25) is 4.99 Å². The van der Waals surface area contributed by atoms with E-state index in [1.807, 2.05) is 18.2 Å². The number of hydrogen-bond acceptors (Lipinski definition) is 2. The van der Waals surface area contributed by atoms with E-state index in [4.69, 9.17) is 16.3 Å². The summed E-state index contributed by atoms with van der Waals surface area (Å²) < 4.78 is 6.04. The third-order valence-electron chi connectivity index (χ3n) is 2.52. The van der Waals surface area contributed by atoms with Crippen molar-refractivity contribution in [3.05, 3.63) is 33.3 Å². The van der Waals surface area contributed by atoms with Crippen molar-refractivity contribution in [3.63, 3.8) is 0 Å². The summed E-state index contributed by atoms with van der Waals surface area (Å²) in [5.74, 6) is 0.773. The van der Waals surface area contributed by atoms with Crippen LogP contribution in [-0.2, 0) is 11.2 Å². The maximum absolute atomic E-state index is 5.98. The molecule has 6 heteroatoms. The average molecular weight is 349 g/mol. The summed E-state index contributed by atoms with van der Waals surface area (Å²) in [6.07, 6.45) is 0.867. The number of guanidine groups is 1. The van der Waals surface area contributed by atoms with E-state index in [1.54, 1.807) is 14.2 Å². The van der Waals surface area contributed by atoms with Crippen molar-refractivity contribution in [2.24, 2.45) is 4.99 Å². The number of rotatable bonds is 6. The molecule has 0 spiro atoms. The van der Waals surface area contributed by atoms with E-state index in [0.29, 0.717) is 6.61 Å². The zero-order valence-electron chi connectivity index (χ0n) is 11.2. The van der Waals surface area contributed by atoms with Crippen LogP contribution < -0.4 is 10.6 Å². The molecule has 0 radical (unpaired) electrons. The number of hydrogen-bond donors (Lipinski definition) is 2. The van der Waals surface area contributed by atoms with Crippen molar-refractivity contribution in [2.45, 2.75) is 6.42 Å². The lowest BCUT2D eigenvalue weighted by Crippen LogP contribution is -2.39. The van der Waals surface area contributed by atoms with Crippen molar-refractivity contribution in [2.75, 3.05) is 33.9 Å². The van der Waals surface area contributed by atoms with Gasteiger partial charge >= 0.3 is 0 Å². The number of benzene rings is 1. The SMILES string of the molecule is CN=C(NCCOC)NCCc1cc(Cl)ccc1Br. The van der Waals surface area contributed by atoms with Crippen LogP contribution in [0.5, 0.6) is 0 Å². The maximum Gasteiger partial charge on any atom is 0.191 e. The molecule has 0 saturated heterocycles. The molecule has 0 atom stereocenters. The zero-order valence-corrected chi connectivity index (χ0v) is 13.5. The van der Waals surface area contributed by atoms with Crippen LogP contribution in [0.4, 0.5) is 0 Å². The van der Waals surface area contributed by atoms with E-state index in [-0.39, 0.29) is 0 Å². The molecule has 1 aromatic rings. The van der Waals surface area contributed by atoms with Crippen molar-refractivity contribution < 1.29 is 4.74 Å². The fourth-order valence-corrected chi connectivity index (χ4v) is 2.18. The highest BCUT2D eigenvalue weighted by Gasteiger charge is 2.02. The highest BCUT2D eigenvalue weighted by Crippen LogP contribution is 2.21. The molecule has 4 nitrogen and oxygen atoms in total. The van der Waals surface area contributed by atoms with Gasteiger partial charge < -0.3 is 15.4 Å². The topological polar surface area (TPSA) is 45.7 Å². The Morgan fingerprint density at radius 1 is 1.37 bits per heavy atom. The van der Waals surface area contributed by atoms with Gasteiger partial charge in [0.15, 0.2) is 5.96 Å². The van der Waals surface area contributed by atoms with Crippen molar-refractivity contribution in [3.8, 4) is 0 Å². The average Bonchev–Trinajstić information content (AvgIpc) is 2.41. The fourth-order valence-electron chi connectivity index (χ4n) is 1.54. The van der Waals surface area contributed by atoms with Crippen LogP contribution >= 0.6 is 27.5 Å². The van der Waals surface area contributed by atoms with Gasteiger partial charge in [0.25, 0.3) is 0 Å². The second-order valence-electron chi connectivity index (χ2n) is 3.90. The Balaban J connectivity index is 2.38. The van der Waals surface area contributed by atoms with Gasteiger partial charge in [0.1, 0.15) is 0 Å². The number of methoxy groups -OCH3 is 1. The molecule has 106 valence electrons. The lowest BCUT2D eigenvalue weighted by atomic mass is 10.1. The molecule has 0 amide bonds. The molecular formula is C13H19BrClN3O. The quantitative estimate of drug-likeness (QED) is 0.471. The summed E-state index contributed by atoms with van der Waals surface area (Å²) in [5, 5.41) is 7.15. The third kappa shape index (κ3) is 6.27. The van der Waals surface area contributed by atoms with Crippen molar-refractivity contribution >= 4 is 33.5 Å². The number of nitrogens with one attached hydrogen (secondary N) is 2. The van der Waals surface area contributed by atoms with Gasteiger partial charge in [0.05, 0.1) is 6.61 Å². The molecule has 1 rings (SSSR count). The number of nitrogens with zero attached hydrogens (tertiary/aromatic N) is 1. The largest absolute Gasteiger partial charge is 0.383 e. The summed E-state index contributed by atoms with van der Waals surface area (Å²) in [4.78, 5) is 4.13. The smallest absolute Gasteiger partial charge is 0.191 e. The Morgan fingerprint density at radius 3 is 2.79 bits per heavy atom. The summed E-state index contributed by atoms with van der Waals surface area (Å²) in [7, 11) is 3.42. The number of halogens is 2. The van der Waals surface area contributed by atoms with Gasteiger partial charge in [-0.05, 0) is 30.2 Å². The summed E-state index contributed by atoms with van der Waals surface area (Å²) in [5.41, 5.74) is 1.17. The molecule has 0 saturated carbocycles. The minimum absolute atomic E-state index is 0.653. The van der Waals surface area contributed by atoms with E-state index < -0.39 is 0 Å². The lowest BCUT2D eigenvalue weighted by molar-refractivity contribution is 0.203. The minimum atomic E-state index is 0.653. The van der Waals surface area contributed by atoms with Crippen LogP contribution in [0.3, 0.4) is 0 Å². The predicted molar refractivity (Wildman–Crippen MR) is 84.1 cm³/mol. The molecule has 0 aliphatic carbocycles. The van der Waals surface area contributed by atoms with Gasteiger partial charge in [-0.25, -0.2) is 0 Å². The second kappa shape index (κ2) is 9.18. The summed E-state index contributed by atoms with van der Waals surface area (Å²) in [6, 6.07) is 5.80. The maximum atomic E-state index is 5.98. The van der Waals surface area contributed by atoms with Crippen molar-refractivity contribution in [1.82, 2.24) is 10.6 Å². The fraction of sp³-hybridized carbons (Fsp3) is 0.462. The van der Waals surface area contributed by atoms with Gasteiger partial charge in [-0.1, -0.05) is 27.5 Å². The van der Waals surface area contributed by atoms with Crippen molar-refractivity contribution in [1.29, 1.82) is 0 Å². The van der Waals surface area contributed by atoms with Gasteiger partial charge in [0, 0.05) is 36.7 Å². The van der Waals surface area contributed by atoms with E-state index in [9.17, 15) is 0 Å². The Bertz CT molecular complexity index is 426. The lowest BCUT2D eigenvalue weighted by Gasteiger charge is -2.12. The van der Waals surface area contributed by atoms with Crippen LogP contribution in [0.1, 0.15) is 5.56 Å². The standard InChI is InChI=1S/C13H19BrClN3O/c1-16-13(18-7-8-19-2)17-6-5-10-9-11(15)3-4-12(10)14/h3-4,9H,5-8H2,1-2H3,(H2,16,17,18). The van der Waals surface area contributed by atoms with Crippen LogP contribution in [0.15, 0.2) is 27.7 Å². The van der Waals surface area contributed by atoms with E-state index in [2.05, 4.69) is 31.6 Å². The zero-order chi connectivity index (χ0) is 14.1. The molecule has 0 aromatic heterocycles. The molecule has 0 heterocycles. The normalized spacial score (nSPS) is 11.5. The molecule has 19 heavy (non-hydrogen) atoms. The molecule has 0 aliphatic heterocycles. The Hall–Kier alpha value is -0.780. The molecule has 0 fully saturated rings. The molecule has 1 aromatic carbocycles.